The quantitative estimate of drug-likeness (QED) is 0.765. The molecule has 1 fully saturated rings. The topological polar surface area (TPSA) is 41.6 Å². The molecule has 0 saturated carbocycles. The van der Waals surface area contributed by atoms with Crippen LogP contribution in [-0.2, 0) is 4.79 Å². The van der Waals surface area contributed by atoms with Crippen LogP contribution in [0, 0.1) is 0 Å². The fourth-order valence-electron chi connectivity index (χ4n) is 3.13. The van der Waals surface area contributed by atoms with Gasteiger partial charge >= 0.3 is 0 Å². The van der Waals surface area contributed by atoms with Gasteiger partial charge in [0.05, 0.1) is 6.04 Å². The molecule has 1 aliphatic rings. The number of nitrogens with zero attached hydrogens (tertiary/aromatic N) is 1. The number of nitrogens with one attached hydrogen (secondary N) is 1. The number of carbonyl (C=O) groups excluding carboxylic acids is 1. The van der Waals surface area contributed by atoms with Gasteiger partial charge in [-0.05, 0) is 55.8 Å². The Bertz CT molecular complexity index is 670. The summed E-state index contributed by atoms with van der Waals surface area (Å²) < 4.78 is 6.53. The predicted octanol–water partition coefficient (Wildman–Crippen LogP) is 3.78. The second-order valence-electron chi connectivity index (χ2n) is 6.22. The highest BCUT2D eigenvalue weighted by atomic mass is 79.9. The van der Waals surface area contributed by atoms with E-state index in [0.29, 0.717) is 12.3 Å². The van der Waals surface area contributed by atoms with Crippen molar-refractivity contribution in [1.29, 1.82) is 0 Å². The molecule has 25 heavy (non-hydrogen) atoms. The number of amides is 1. The van der Waals surface area contributed by atoms with E-state index in [2.05, 4.69) is 50.4 Å². The first-order chi connectivity index (χ1) is 12.2. The molecular formula is C20H23BrN2O2. The van der Waals surface area contributed by atoms with Gasteiger partial charge in [-0.1, -0.05) is 46.3 Å². The Balaban J connectivity index is 1.53. The number of halogens is 1. The summed E-state index contributed by atoms with van der Waals surface area (Å²) >= 11 is 3.38. The predicted molar refractivity (Wildman–Crippen MR) is 103 cm³/mol. The molecule has 3 rings (SSSR count). The van der Waals surface area contributed by atoms with Crippen LogP contribution in [0.15, 0.2) is 59.1 Å². The summed E-state index contributed by atoms with van der Waals surface area (Å²) in [6.07, 6.45) is 2.45. The van der Waals surface area contributed by atoms with Gasteiger partial charge in [-0.25, -0.2) is 0 Å². The minimum absolute atomic E-state index is 0.0309. The molecule has 132 valence electrons. The Morgan fingerprint density at radius 3 is 2.44 bits per heavy atom. The average molecular weight is 403 g/mol. The van der Waals surface area contributed by atoms with Crippen molar-refractivity contribution in [1.82, 2.24) is 10.2 Å². The summed E-state index contributed by atoms with van der Waals surface area (Å²) in [6.45, 7) is 2.81. The van der Waals surface area contributed by atoms with Gasteiger partial charge in [0.25, 0.3) is 5.91 Å². The molecule has 0 aromatic heterocycles. The minimum Gasteiger partial charge on any atom is -0.484 e. The van der Waals surface area contributed by atoms with E-state index >= 15 is 0 Å². The van der Waals surface area contributed by atoms with Crippen LogP contribution in [0.3, 0.4) is 0 Å². The number of rotatable bonds is 7. The van der Waals surface area contributed by atoms with Crippen LogP contribution in [-0.4, -0.2) is 37.0 Å². The third-order valence-corrected chi connectivity index (χ3v) is 4.97. The summed E-state index contributed by atoms with van der Waals surface area (Å²) in [4.78, 5) is 14.6. The number of hydrogen-bond donors (Lipinski definition) is 1. The highest BCUT2D eigenvalue weighted by Gasteiger charge is 2.23. The van der Waals surface area contributed by atoms with Gasteiger partial charge in [0.1, 0.15) is 5.75 Å². The monoisotopic (exact) mass is 402 g/mol. The molecule has 1 N–H and O–H groups in total. The van der Waals surface area contributed by atoms with E-state index in [4.69, 9.17) is 4.74 Å². The first-order valence-corrected chi connectivity index (χ1v) is 9.46. The van der Waals surface area contributed by atoms with Crippen LogP contribution in [0.1, 0.15) is 24.4 Å². The summed E-state index contributed by atoms with van der Waals surface area (Å²) in [5, 5.41) is 3.02. The van der Waals surface area contributed by atoms with Crippen molar-refractivity contribution in [3.8, 4) is 5.75 Å². The first-order valence-electron chi connectivity index (χ1n) is 8.66. The Labute approximate surface area is 157 Å². The van der Waals surface area contributed by atoms with Crippen molar-refractivity contribution in [2.45, 2.75) is 18.9 Å². The molecule has 4 nitrogen and oxygen atoms in total. The smallest absolute Gasteiger partial charge is 0.258 e. The molecule has 0 aliphatic carbocycles. The van der Waals surface area contributed by atoms with Gasteiger partial charge in [0.2, 0.25) is 0 Å². The van der Waals surface area contributed by atoms with Gasteiger partial charge in [0.15, 0.2) is 6.61 Å². The molecule has 0 bridgehead atoms. The lowest BCUT2D eigenvalue weighted by Gasteiger charge is -2.28. The maximum absolute atomic E-state index is 12.2. The second kappa shape index (κ2) is 9.02. The van der Waals surface area contributed by atoms with E-state index in [-0.39, 0.29) is 18.6 Å². The molecule has 2 aromatic carbocycles. The Hall–Kier alpha value is -1.85. The Morgan fingerprint density at radius 2 is 1.76 bits per heavy atom. The van der Waals surface area contributed by atoms with Gasteiger partial charge in [-0.2, -0.15) is 0 Å². The molecule has 1 atom stereocenters. The maximum Gasteiger partial charge on any atom is 0.258 e. The largest absolute Gasteiger partial charge is 0.484 e. The second-order valence-corrected chi connectivity index (χ2v) is 7.13. The molecule has 0 radical (unpaired) electrons. The lowest BCUT2D eigenvalue weighted by molar-refractivity contribution is -0.123. The van der Waals surface area contributed by atoms with E-state index < -0.39 is 0 Å². The first kappa shape index (κ1) is 18.0. The van der Waals surface area contributed by atoms with Crippen molar-refractivity contribution in [2.24, 2.45) is 0 Å². The molecular weight excluding hydrogens is 380 g/mol. The molecule has 1 heterocycles. The van der Waals surface area contributed by atoms with E-state index in [9.17, 15) is 4.79 Å². The zero-order chi connectivity index (χ0) is 17.5. The standard InChI is InChI=1S/C20H23BrN2O2/c21-17-8-10-18(11-9-17)25-15-20(24)22-14-19(23-12-4-5-13-23)16-6-2-1-3-7-16/h1-3,6-11,19H,4-5,12-15H2,(H,22,24). The van der Waals surface area contributed by atoms with Gasteiger partial charge in [0, 0.05) is 11.0 Å². The molecule has 2 aromatic rings. The highest BCUT2D eigenvalue weighted by molar-refractivity contribution is 9.10. The molecule has 1 unspecified atom stereocenters. The van der Waals surface area contributed by atoms with Crippen molar-refractivity contribution >= 4 is 21.8 Å². The summed E-state index contributed by atoms with van der Waals surface area (Å²) in [5.74, 6) is 0.598. The van der Waals surface area contributed by atoms with Crippen molar-refractivity contribution < 1.29 is 9.53 Å². The van der Waals surface area contributed by atoms with Crippen molar-refractivity contribution in [3.05, 3.63) is 64.6 Å². The van der Waals surface area contributed by atoms with Gasteiger partial charge in [-0.15, -0.1) is 0 Å². The van der Waals surface area contributed by atoms with Crippen molar-refractivity contribution in [2.75, 3.05) is 26.2 Å². The van der Waals surface area contributed by atoms with E-state index in [1.165, 1.54) is 18.4 Å². The molecule has 0 spiro atoms. The maximum atomic E-state index is 12.2. The highest BCUT2D eigenvalue weighted by Crippen LogP contribution is 2.24. The minimum atomic E-state index is -0.0944. The average Bonchev–Trinajstić information content (AvgIpc) is 3.17. The van der Waals surface area contributed by atoms with E-state index in [1.54, 1.807) is 0 Å². The SMILES string of the molecule is O=C(COc1ccc(Br)cc1)NCC(c1ccccc1)N1CCCC1. The van der Waals surface area contributed by atoms with E-state index in [0.717, 1.165) is 17.6 Å². The Morgan fingerprint density at radius 1 is 1.08 bits per heavy atom. The van der Waals surface area contributed by atoms with Crippen LogP contribution < -0.4 is 10.1 Å². The Kier molecular flexibility index (Phi) is 6.48. The zero-order valence-corrected chi connectivity index (χ0v) is 15.7. The fourth-order valence-corrected chi connectivity index (χ4v) is 3.39. The number of benzene rings is 2. The van der Waals surface area contributed by atoms with Crippen molar-refractivity contribution in [3.63, 3.8) is 0 Å². The zero-order valence-electron chi connectivity index (χ0n) is 14.2. The van der Waals surface area contributed by atoms with Gasteiger partial charge < -0.3 is 10.1 Å². The summed E-state index contributed by atoms with van der Waals surface area (Å²) in [5.41, 5.74) is 1.25. The van der Waals surface area contributed by atoms with E-state index in [1.807, 2.05) is 30.3 Å². The van der Waals surface area contributed by atoms with Gasteiger partial charge in [-0.3, -0.25) is 9.69 Å². The molecule has 1 amide bonds. The van der Waals surface area contributed by atoms with Crippen LogP contribution in [0.25, 0.3) is 0 Å². The molecule has 1 aliphatic heterocycles. The molecule has 5 heteroatoms. The number of hydrogen-bond acceptors (Lipinski definition) is 3. The number of carbonyl (C=O) groups is 1. The number of ether oxygens (including phenoxy) is 1. The lowest BCUT2D eigenvalue weighted by atomic mass is 10.1. The van der Waals surface area contributed by atoms with Crippen LogP contribution in [0.2, 0.25) is 0 Å². The van der Waals surface area contributed by atoms with Crippen LogP contribution in [0.5, 0.6) is 5.75 Å². The lowest BCUT2D eigenvalue weighted by Crippen LogP contribution is -2.38. The fraction of sp³-hybridized carbons (Fsp3) is 0.350. The third-order valence-electron chi connectivity index (χ3n) is 4.44. The third kappa shape index (κ3) is 5.31. The van der Waals surface area contributed by atoms with Crippen LogP contribution >= 0.6 is 15.9 Å². The number of likely N-dealkylation sites (tertiary alicyclic amines) is 1. The summed E-state index contributed by atoms with van der Waals surface area (Å²) in [6, 6.07) is 18.1. The summed E-state index contributed by atoms with van der Waals surface area (Å²) in [7, 11) is 0. The molecule has 1 saturated heterocycles. The van der Waals surface area contributed by atoms with Crippen LogP contribution in [0.4, 0.5) is 0 Å². The normalized spacial score (nSPS) is 15.7.